The van der Waals surface area contributed by atoms with E-state index in [9.17, 15) is 4.79 Å². The molecule has 0 aromatic heterocycles. The van der Waals surface area contributed by atoms with Gasteiger partial charge in [0.25, 0.3) is 0 Å². The van der Waals surface area contributed by atoms with Crippen molar-refractivity contribution in [3.05, 3.63) is 0 Å². The van der Waals surface area contributed by atoms with Crippen LogP contribution in [-0.4, -0.2) is 31.6 Å². The molecular weight excluding hydrogens is 190 g/mol. The summed E-state index contributed by atoms with van der Waals surface area (Å²) in [6.45, 7) is 4.18. The molecule has 1 aliphatic heterocycles. The number of carbonyl (C=O) groups excluding carboxylic acids is 1. The van der Waals surface area contributed by atoms with Crippen LogP contribution in [0.25, 0.3) is 0 Å². The van der Waals surface area contributed by atoms with Crippen LogP contribution in [-0.2, 0) is 4.79 Å². The molecule has 4 N–H and O–H groups in total. The number of amides is 1. The number of nitrogens with two attached hydrogens (primary N) is 1. The SMILES string of the molecule is C[C@H](CN)NC(=O)[C@H]1CCNC1.Cl. The molecule has 0 aromatic carbocycles. The summed E-state index contributed by atoms with van der Waals surface area (Å²) in [6, 6.07) is 0.0955. The average molecular weight is 208 g/mol. The monoisotopic (exact) mass is 207 g/mol. The predicted octanol–water partition coefficient (Wildman–Crippen LogP) is -0.519. The van der Waals surface area contributed by atoms with Crippen LogP contribution < -0.4 is 16.4 Å². The van der Waals surface area contributed by atoms with Crippen LogP contribution in [0.15, 0.2) is 0 Å². The maximum atomic E-state index is 11.4. The van der Waals surface area contributed by atoms with Gasteiger partial charge >= 0.3 is 0 Å². The molecule has 1 rings (SSSR count). The summed E-state index contributed by atoms with van der Waals surface area (Å²) < 4.78 is 0. The van der Waals surface area contributed by atoms with Gasteiger partial charge in [0, 0.05) is 19.1 Å². The quantitative estimate of drug-likeness (QED) is 0.584. The first-order chi connectivity index (χ1) is 5.74. The Morgan fingerprint density at radius 1 is 1.77 bits per heavy atom. The Hall–Kier alpha value is -0.320. The van der Waals surface area contributed by atoms with E-state index in [4.69, 9.17) is 5.73 Å². The standard InChI is InChI=1S/C8H17N3O.ClH/c1-6(4-9)11-8(12)7-2-3-10-5-7;/h6-7,10H,2-5,9H2,1H3,(H,11,12);1H/t6-,7+;/m1./s1. The van der Waals surface area contributed by atoms with Crippen molar-refractivity contribution in [1.82, 2.24) is 10.6 Å². The zero-order chi connectivity index (χ0) is 8.97. The molecule has 0 aromatic rings. The van der Waals surface area contributed by atoms with Crippen LogP contribution in [0.4, 0.5) is 0 Å². The minimum Gasteiger partial charge on any atom is -0.352 e. The number of rotatable bonds is 3. The van der Waals surface area contributed by atoms with Crippen LogP contribution >= 0.6 is 12.4 Å². The molecule has 1 amide bonds. The molecule has 0 aliphatic carbocycles. The van der Waals surface area contributed by atoms with Crippen molar-refractivity contribution in [2.24, 2.45) is 11.7 Å². The van der Waals surface area contributed by atoms with Gasteiger partial charge in [-0.1, -0.05) is 0 Å². The molecule has 1 fully saturated rings. The van der Waals surface area contributed by atoms with E-state index in [1.807, 2.05) is 6.92 Å². The first-order valence-corrected chi connectivity index (χ1v) is 4.45. The highest BCUT2D eigenvalue weighted by Gasteiger charge is 2.22. The molecule has 0 saturated carbocycles. The van der Waals surface area contributed by atoms with Gasteiger partial charge in [-0.2, -0.15) is 0 Å². The molecule has 0 unspecified atom stereocenters. The van der Waals surface area contributed by atoms with Gasteiger partial charge in [-0.3, -0.25) is 4.79 Å². The third kappa shape index (κ3) is 3.93. The molecular formula is C8H18ClN3O. The van der Waals surface area contributed by atoms with Gasteiger partial charge in [-0.25, -0.2) is 0 Å². The van der Waals surface area contributed by atoms with Crippen molar-refractivity contribution in [3.8, 4) is 0 Å². The number of carbonyl (C=O) groups is 1. The van der Waals surface area contributed by atoms with E-state index in [1.165, 1.54) is 0 Å². The Labute approximate surface area is 85.0 Å². The Morgan fingerprint density at radius 2 is 2.46 bits per heavy atom. The molecule has 78 valence electrons. The molecule has 1 saturated heterocycles. The number of hydrogen-bond acceptors (Lipinski definition) is 3. The zero-order valence-electron chi connectivity index (χ0n) is 7.88. The van der Waals surface area contributed by atoms with E-state index >= 15 is 0 Å². The molecule has 4 nitrogen and oxygen atoms in total. The third-order valence-corrected chi connectivity index (χ3v) is 2.17. The van der Waals surface area contributed by atoms with E-state index in [0.29, 0.717) is 6.54 Å². The smallest absolute Gasteiger partial charge is 0.224 e. The van der Waals surface area contributed by atoms with Gasteiger partial charge < -0.3 is 16.4 Å². The van der Waals surface area contributed by atoms with Crippen LogP contribution in [0.5, 0.6) is 0 Å². The van der Waals surface area contributed by atoms with Crippen LogP contribution in [0.3, 0.4) is 0 Å². The summed E-state index contributed by atoms with van der Waals surface area (Å²) >= 11 is 0. The molecule has 1 heterocycles. The maximum Gasteiger partial charge on any atom is 0.224 e. The van der Waals surface area contributed by atoms with Gasteiger partial charge in [0.05, 0.1) is 5.92 Å². The van der Waals surface area contributed by atoms with E-state index in [2.05, 4.69) is 10.6 Å². The Kier molecular flexibility index (Phi) is 6.03. The highest BCUT2D eigenvalue weighted by Crippen LogP contribution is 2.06. The summed E-state index contributed by atoms with van der Waals surface area (Å²) in [7, 11) is 0. The number of hydrogen-bond donors (Lipinski definition) is 3. The lowest BCUT2D eigenvalue weighted by atomic mass is 10.1. The zero-order valence-corrected chi connectivity index (χ0v) is 8.69. The Morgan fingerprint density at radius 3 is 2.92 bits per heavy atom. The summed E-state index contributed by atoms with van der Waals surface area (Å²) in [5.41, 5.74) is 5.39. The fourth-order valence-electron chi connectivity index (χ4n) is 1.30. The minimum atomic E-state index is 0. The lowest BCUT2D eigenvalue weighted by molar-refractivity contribution is -0.124. The van der Waals surface area contributed by atoms with Crippen molar-refractivity contribution in [2.45, 2.75) is 19.4 Å². The normalized spacial score (nSPS) is 23.4. The number of halogens is 1. The summed E-state index contributed by atoms with van der Waals surface area (Å²) in [5, 5.41) is 6.02. The Balaban J connectivity index is 0.00000144. The van der Waals surface area contributed by atoms with E-state index in [1.54, 1.807) is 0 Å². The highest BCUT2D eigenvalue weighted by atomic mass is 35.5. The fraction of sp³-hybridized carbons (Fsp3) is 0.875. The first kappa shape index (κ1) is 12.7. The molecule has 0 spiro atoms. The second kappa shape index (κ2) is 6.18. The van der Waals surface area contributed by atoms with Gasteiger partial charge in [-0.15, -0.1) is 12.4 Å². The highest BCUT2D eigenvalue weighted by molar-refractivity contribution is 5.85. The molecule has 1 aliphatic rings. The summed E-state index contributed by atoms with van der Waals surface area (Å²) in [6.07, 6.45) is 0.948. The Bertz CT molecular complexity index is 159. The molecule has 5 heteroatoms. The second-order valence-corrected chi connectivity index (χ2v) is 3.34. The second-order valence-electron chi connectivity index (χ2n) is 3.34. The average Bonchev–Trinajstić information content (AvgIpc) is 2.56. The van der Waals surface area contributed by atoms with Crippen molar-refractivity contribution in [1.29, 1.82) is 0 Å². The van der Waals surface area contributed by atoms with Crippen LogP contribution in [0.1, 0.15) is 13.3 Å². The van der Waals surface area contributed by atoms with E-state index in [0.717, 1.165) is 19.5 Å². The maximum absolute atomic E-state index is 11.4. The molecule has 13 heavy (non-hydrogen) atoms. The van der Waals surface area contributed by atoms with Gasteiger partial charge in [-0.05, 0) is 19.9 Å². The summed E-state index contributed by atoms with van der Waals surface area (Å²) in [5.74, 6) is 0.289. The molecule has 0 radical (unpaired) electrons. The lowest BCUT2D eigenvalue weighted by Gasteiger charge is -2.14. The lowest BCUT2D eigenvalue weighted by Crippen LogP contribution is -2.41. The van der Waals surface area contributed by atoms with E-state index < -0.39 is 0 Å². The van der Waals surface area contributed by atoms with Crippen LogP contribution in [0.2, 0.25) is 0 Å². The van der Waals surface area contributed by atoms with Crippen molar-refractivity contribution in [2.75, 3.05) is 19.6 Å². The van der Waals surface area contributed by atoms with Crippen molar-refractivity contribution < 1.29 is 4.79 Å². The topological polar surface area (TPSA) is 67.1 Å². The molecule has 0 bridgehead atoms. The van der Waals surface area contributed by atoms with Crippen molar-refractivity contribution in [3.63, 3.8) is 0 Å². The summed E-state index contributed by atoms with van der Waals surface area (Å²) in [4.78, 5) is 11.4. The largest absolute Gasteiger partial charge is 0.352 e. The third-order valence-electron chi connectivity index (χ3n) is 2.17. The first-order valence-electron chi connectivity index (χ1n) is 4.45. The van der Waals surface area contributed by atoms with E-state index in [-0.39, 0.29) is 30.3 Å². The van der Waals surface area contributed by atoms with Gasteiger partial charge in [0.15, 0.2) is 0 Å². The number of nitrogens with one attached hydrogen (secondary N) is 2. The van der Waals surface area contributed by atoms with Gasteiger partial charge in [0.1, 0.15) is 0 Å². The predicted molar refractivity (Wildman–Crippen MR) is 54.9 cm³/mol. The molecule has 2 atom stereocenters. The van der Waals surface area contributed by atoms with Crippen LogP contribution in [0, 0.1) is 5.92 Å². The van der Waals surface area contributed by atoms with Gasteiger partial charge in [0.2, 0.25) is 5.91 Å². The van der Waals surface area contributed by atoms with Crippen molar-refractivity contribution >= 4 is 18.3 Å². The minimum absolute atomic E-state index is 0. The fourth-order valence-corrected chi connectivity index (χ4v) is 1.30.